The molecule has 2 N–H and O–H groups in total. The second-order valence-electron chi connectivity index (χ2n) is 8.12. The average Bonchev–Trinajstić information content (AvgIpc) is 3.21. The number of rotatable bonds is 8. The first-order valence-electron chi connectivity index (χ1n) is 10.7. The van der Waals surface area contributed by atoms with Crippen LogP contribution in [0.5, 0.6) is 5.75 Å². The van der Waals surface area contributed by atoms with Gasteiger partial charge in [-0.2, -0.15) is 8.42 Å². The number of piperidine rings is 1. The average molecular weight is 449 g/mol. The highest BCUT2D eigenvalue weighted by molar-refractivity contribution is 7.90. The van der Waals surface area contributed by atoms with E-state index in [1.54, 1.807) is 0 Å². The minimum Gasteiger partial charge on any atom is -0.493 e. The van der Waals surface area contributed by atoms with E-state index in [2.05, 4.69) is 4.90 Å². The van der Waals surface area contributed by atoms with E-state index in [1.165, 1.54) is 22.5 Å². The molecule has 168 valence electrons. The van der Waals surface area contributed by atoms with Gasteiger partial charge in [0.1, 0.15) is 11.6 Å². The lowest BCUT2D eigenvalue weighted by molar-refractivity contribution is 0.137. The van der Waals surface area contributed by atoms with Crippen molar-refractivity contribution in [3.63, 3.8) is 0 Å². The summed E-state index contributed by atoms with van der Waals surface area (Å²) in [5.74, 6) is 6.98. The summed E-state index contributed by atoms with van der Waals surface area (Å²) < 4.78 is 47.3. The van der Waals surface area contributed by atoms with Crippen LogP contribution >= 0.6 is 0 Å². The van der Waals surface area contributed by atoms with E-state index >= 15 is 0 Å². The number of hydrogen-bond donors (Lipinski definition) is 1. The highest BCUT2D eigenvalue weighted by Crippen LogP contribution is 2.31. The van der Waals surface area contributed by atoms with Gasteiger partial charge in [0, 0.05) is 19.6 Å². The predicted molar refractivity (Wildman–Crippen MR) is 118 cm³/mol. The van der Waals surface area contributed by atoms with Crippen molar-refractivity contribution < 1.29 is 17.5 Å². The summed E-state index contributed by atoms with van der Waals surface area (Å²) in [6.45, 7) is 3.55. The summed E-state index contributed by atoms with van der Waals surface area (Å²) in [4.78, 5) is 2.24. The Morgan fingerprint density at radius 3 is 2.58 bits per heavy atom. The normalized spacial score (nSPS) is 17.8. The molecule has 0 saturated carbocycles. The summed E-state index contributed by atoms with van der Waals surface area (Å²) in [5, 5.41) is 0. The molecular weight excluding hydrogens is 419 g/mol. The number of halogens is 1. The zero-order valence-electron chi connectivity index (χ0n) is 17.5. The molecule has 0 atom stereocenters. The highest BCUT2D eigenvalue weighted by atomic mass is 32.2. The van der Waals surface area contributed by atoms with Gasteiger partial charge in [0.15, 0.2) is 0 Å². The molecule has 0 bridgehead atoms. The van der Waals surface area contributed by atoms with Gasteiger partial charge < -0.3 is 9.64 Å². The number of para-hydroxylation sites is 1. The first kappa shape index (κ1) is 22.0. The highest BCUT2D eigenvalue weighted by Gasteiger charge is 2.33. The van der Waals surface area contributed by atoms with Crippen LogP contribution in [0.4, 0.5) is 10.1 Å². The molecule has 1 saturated heterocycles. The molecule has 4 rings (SSSR count). The Hall–Kier alpha value is -2.20. The maximum Gasteiger partial charge on any atom is 0.316 e. The molecule has 1 fully saturated rings. The van der Waals surface area contributed by atoms with Gasteiger partial charge in [-0.05, 0) is 74.2 Å². The first-order chi connectivity index (χ1) is 14.9. The van der Waals surface area contributed by atoms with E-state index in [0.29, 0.717) is 36.7 Å². The van der Waals surface area contributed by atoms with Crippen LogP contribution in [0.3, 0.4) is 0 Å². The Labute approximate surface area is 183 Å². The minimum atomic E-state index is -3.84. The van der Waals surface area contributed by atoms with Gasteiger partial charge in [-0.15, -0.1) is 4.41 Å². The summed E-state index contributed by atoms with van der Waals surface area (Å²) in [6.07, 6.45) is 2.50. The molecule has 2 aromatic rings. The van der Waals surface area contributed by atoms with Crippen LogP contribution in [-0.4, -0.2) is 57.1 Å². The molecule has 0 spiro atoms. The molecule has 0 amide bonds. The van der Waals surface area contributed by atoms with Crippen LogP contribution < -0.4 is 14.9 Å². The smallest absolute Gasteiger partial charge is 0.316 e. The van der Waals surface area contributed by atoms with Gasteiger partial charge in [0.25, 0.3) is 0 Å². The van der Waals surface area contributed by atoms with Crippen LogP contribution in [0.25, 0.3) is 0 Å². The molecule has 0 unspecified atom stereocenters. The van der Waals surface area contributed by atoms with E-state index < -0.39 is 10.2 Å². The number of ether oxygens (including phenoxy) is 1. The molecule has 0 aliphatic carbocycles. The summed E-state index contributed by atoms with van der Waals surface area (Å²) in [6, 6.07) is 14.0. The molecular formula is C22H29FN4O3S. The standard InChI is InChI=1S/C22H29FN4O3S/c23-20-6-7-22-19(16-20)10-13-26(22)31(28,29)27(24)15-14-25-11-8-18(9-12-25)17-30-21-4-2-1-3-5-21/h1-7,16,18H,8-15,17,24H2. The molecule has 9 heteroatoms. The quantitative estimate of drug-likeness (QED) is 0.496. The number of nitrogens with zero attached hydrogens (tertiary/aromatic N) is 3. The molecule has 7 nitrogen and oxygen atoms in total. The van der Waals surface area contributed by atoms with Crippen LogP contribution in [0.2, 0.25) is 0 Å². The van der Waals surface area contributed by atoms with Gasteiger partial charge in [0.2, 0.25) is 0 Å². The molecule has 2 heterocycles. The number of benzene rings is 2. The van der Waals surface area contributed by atoms with E-state index in [0.717, 1.165) is 36.1 Å². The van der Waals surface area contributed by atoms with E-state index in [-0.39, 0.29) is 18.9 Å². The Morgan fingerprint density at radius 2 is 1.84 bits per heavy atom. The Morgan fingerprint density at radius 1 is 1.10 bits per heavy atom. The van der Waals surface area contributed by atoms with Crippen molar-refractivity contribution in [3.8, 4) is 5.75 Å². The number of hydrogen-bond acceptors (Lipinski definition) is 5. The number of likely N-dealkylation sites (tertiary alicyclic amines) is 1. The Balaban J connectivity index is 1.24. The monoisotopic (exact) mass is 448 g/mol. The van der Waals surface area contributed by atoms with Gasteiger partial charge >= 0.3 is 10.2 Å². The molecule has 2 aliphatic heterocycles. The fraction of sp³-hybridized carbons (Fsp3) is 0.455. The van der Waals surface area contributed by atoms with Crippen molar-refractivity contribution in [3.05, 3.63) is 59.9 Å². The molecule has 0 aromatic heterocycles. The SMILES string of the molecule is NN(CCN1CCC(COc2ccccc2)CC1)S(=O)(=O)N1CCc2cc(F)ccc21. The maximum atomic E-state index is 13.4. The third-order valence-corrected chi connectivity index (χ3v) is 7.75. The number of nitrogens with two attached hydrogens (primary N) is 1. The van der Waals surface area contributed by atoms with Crippen molar-refractivity contribution in [2.24, 2.45) is 11.8 Å². The summed E-state index contributed by atoms with van der Waals surface area (Å²) in [7, 11) is -3.84. The Bertz CT molecular complexity index is 982. The van der Waals surface area contributed by atoms with Gasteiger partial charge in [-0.1, -0.05) is 18.2 Å². The van der Waals surface area contributed by atoms with Crippen LogP contribution in [0.15, 0.2) is 48.5 Å². The van der Waals surface area contributed by atoms with Crippen LogP contribution in [0, 0.1) is 11.7 Å². The molecule has 31 heavy (non-hydrogen) atoms. The van der Waals surface area contributed by atoms with Crippen LogP contribution in [-0.2, 0) is 16.6 Å². The minimum absolute atomic E-state index is 0.209. The molecule has 2 aromatic carbocycles. The van der Waals surface area contributed by atoms with Gasteiger partial charge in [0.05, 0.1) is 12.3 Å². The fourth-order valence-electron chi connectivity index (χ4n) is 4.17. The summed E-state index contributed by atoms with van der Waals surface area (Å²) in [5.41, 5.74) is 1.20. The van der Waals surface area contributed by atoms with Crippen molar-refractivity contribution in [1.82, 2.24) is 9.31 Å². The topological polar surface area (TPSA) is 79.1 Å². The van der Waals surface area contributed by atoms with Crippen molar-refractivity contribution in [2.75, 3.05) is 43.6 Å². The van der Waals surface area contributed by atoms with E-state index in [4.69, 9.17) is 10.6 Å². The lowest BCUT2D eigenvalue weighted by Gasteiger charge is -2.33. The zero-order valence-corrected chi connectivity index (χ0v) is 18.3. The molecule has 0 radical (unpaired) electrons. The second kappa shape index (κ2) is 9.52. The van der Waals surface area contributed by atoms with Gasteiger partial charge in [-0.3, -0.25) is 10.1 Å². The largest absolute Gasteiger partial charge is 0.493 e. The van der Waals surface area contributed by atoms with Crippen LogP contribution in [0.1, 0.15) is 18.4 Å². The van der Waals surface area contributed by atoms with Crippen molar-refractivity contribution in [2.45, 2.75) is 19.3 Å². The first-order valence-corrected chi connectivity index (χ1v) is 12.1. The van der Waals surface area contributed by atoms with Crippen molar-refractivity contribution in [1.29, 1.82) is 0 Å². The number of hydrazine groups is 1. The third kappa shape index (κ3) is 5.17. The maximum absolute atomic E-state index is 13.4. The third-order valence-electron chi connectivity index (χ3n) is 6.04. The zero-order chi connectivity index (χ0) is 21.8. The van der Waals surface area contributed by atoms with E-state index in [9.17, 15) is 12.8 Å². The molecule has 2 aliphatic rings. The lowest BCUT2D eigenvalue weighted by Crippen LogP contribution is -2.50. The fourth-order valence-corrected chi connectivity index (χ4v) is 5.48. The van der Waals surface area contributed by atoms with Crippen molar-refractivity contribution >= 4 is 15.9 Å². The van der Waals surface area contributed by atoms with E-state index in [1.807, 2.05) is 30.3 Å². The lowest BCUT2D eigenvalue weighted by atomic mass is 9.98. The summed E-state index contributed by atoms with van der Waals surface area (Å²) >= 11 is 0. The second-order valence-corrected chi connectivity index (χ2v) is 9.93. The van der Waals surface area contributed by atoms with Gasteiger partial charge in [-0.25, -0.2) is 4.39 Å². The number of anilines is 1. The number of fused-ring (bicyclic) bond motifs is 1. The Kier molecular flexibility index (Phi) is 6.76. The predicted octanol–water partition coefficient (Wildman–Crippen LogP) is 2.40.